The molecular weight excluding hydrogens is 282 g/mol. The number of aryl methyl sites for hydroxylation is 1. The minimum atomic E-state index is -1.09. The van der Waals surface area contributed by atoms with Gasteiger partial charge >= 0.3 is 5.97 Å². The number of carbonyl (C=O) groups is 2. The molecule has 120 valence electrons. The van der Waals surface area contributed by atoms with Crippen LogP contribution in [0, 0.1) is 0 Å². The average Bonchev–Trinajstić information content (AvgIpc) is 2.96. The van der Waals surface area contributed by atoms with Crippen LogP contribution in [0.25, 0.3) is 0 Å². The van der Waals surface area contributed by atoms with Crippen LogP contribution in [0.3, 0.4) is 0 Å². The largest absolute Gasteiger partial charge is 0.480 e. The molecule has 0 aromatic heterocycles. The van der Waals surface area contributed by atoms with Gasteiger partial charge in [0.25, 0.3) is 5.91 Å². The molecule has 1 saturated heterocycles. The van der Waals surface area contributed by atoms with E-state index in [2.05, 4.69) is 0 Å². The summed E-state index contributed by atoms with van der Waals surface area (Å²) in [7, 11) is 0. The summed E-state index contributed by atoms with van der Waals surface area (Å²) >= 11 is 0. The zero-order valence-electron chi connectivity index (χ0n) is 13.3. The van der Waals surface area contributed by atoms with E-state index in [1.165, 1.54) is 4.90 Å². The van der Waals surface area contributed by atoms with Gasteiger partial charge in [-0.2, -0.15) is 0 Å². The quantitative estimate of drug-likeness (QED) is 0.907. The lowest BCUT2D eigenvalue weighted by molar-refractivity contribution is -0.155. The topological polar surface area (TPSA) is 66.8 Å². The van der Waals surface area contributed by atoms with E-state index in [0.29, 0.717) is 25.1 Å². The number of nitrogens with zero attached hydrogens (tertiary/aromatic N) is 1. The Labute approximate surface area is 130 Å². The van der Waals surface area contributed by atoms with E-state index in [1.807, 2.05) is 31.2 Å². The molecule has 5 nitrogen and oxygen atoms in total. The predicted molar refractivity (Wildman–Crippen MR) is 82.9 cm³/mol. The highest BCUT2D eigenvalue weighted by atomic mass is 16.5. The van der Waals surface area contributed by atoms with E-state index in [1.54, 1.807) is 13.8 Å². The molecule has 1 aromatic rings. The molecule has 1 unspecified atom stereocenters. The van der Waals surface area contributed by atoms with Gasteiger partial charge in [-0.15, -0.1) is 0 Å². The van der Waals surface area contributed by atoms with E-state index >= 15 is 0 Å². The standard InChI is InChI=1S/C17H23NO4/c1-4-12-8-5-6-10-14(12)22-17(2,3)16(21)18-11-7-9-13(18)15(19)20/h5-6,8,10,13H,4,7,9,11H2,1-3H3,(H,19,20). The van der Waals surface area contributed by atoms with Crippen LogP contribution in [0.1, 0.15) is 39.2 Å². The first-order valence-corrected chi connectivity index (χ1v) is 7.67. The van der Waals surface area contributed by atoms with E-state index in [4.69, 9.17) is 4.74 Å². The van der Waals surface area contributed by atoms with E-state index < -0.39 is 17.6 Å². The molecule has 0 aliphatic carbocycles. The van der Waals surface area contributed by atoms with Crippen molar-refractivity contribution in [3.05, 3.63) is 29.8 Å². The molecule has 0 radical (unpaired) electrons. The van der Waals surface area contributed by atoms with Crippen LogP contribution in [-0.2, 0) is 16.0 Å². The number of rotatable bonds is 5. The monoisotopic (exact) mass is 305 g/mol. The second kappa shape index (κ2) is 6.38. The Hall–Kier alpha value is -2.04. The lowest BCUT2D eigenvalue weighted by Crippen LogP contribution is -2.52. The van der Waals surface area contributed by atoms with Gasteiger partial charge in [-0.25, -0.2) is 4.79 Å². The molecule has 1 heterocycles. The number of amides is 1. The molecule has 1 aromatic carbocycles. The molecule has 1 atom stereocenters. The van der Waals surface area contributed by atoms with Crippen LogP contribution < -0.4 is 4.74 Å². The Morgan fingerprint density at radius 1 is 1.36 bits per heavy atom. The van der Waals surface area contributed by atoms with Gasteiger partial charge in [-0.1, -0.05) is 25.1 Å². The fourth-order valence-corrected chi connectivity index (χ4v) is 2.83. The molecule has 2 rings (SSSR count). The minimum absolute atomic E-state index is 0.275. The van der Waals surface area contributed by atoms with Gasteiger partial charge in [0.05, 0.1) is 0 Å². The van der Waals surface area contributed by atoms with E-state index in [9.17, 15) is 14.7 Å². The molecule has 0 saturated carbocycles. The van der Waals surface area contributed by atoms with Crippen LogP contribution >= 0.6 is 0 Å². The molecule has 0 spiro atoms. The maximum Gasteiger partial charge on any atom is 0.326 e. The van der Waals surface area contributed by atoms with Crippen LogP contribution in [0.4, 0.5) is 0 Å². The highest BCUT2D eigenvalue weighted by Gasteiger charge is 2.42. The van der Waals surface area contributed by atoms with Gasteiger partial charge in [0, 0.05) is 6.54 Å². The number of benzene rings is 1. The number of hydrogen-bond donors (Lipinski definition) is 1. The fraction of sp³-hybridized carbons (Fsp3) is 0.529. The molecular formula is C17H23NO4. The van der Waals surface area contributed by atoms with Crippen LogP contribution in [0.5, 0.6) is 5.75 Å². The third kappa shape index (κ3) is 3.24. The molecule has 0 bridgehead atoms. The Morgan fingerprint density at radius 2 is 2.05 bits per heavy atom. The summed E-state index contributed by atoms with van der Waals surface area (Å²) in [6.07, 6.45) is 2.02. The SMILES string of the molecule is CCc1ccccc1OC(C)(C)C(=O)N1CCCC1C(=O)O. The zero-order chi connectivity index (χ0) is 16.3. The molecule has 1 aliphatic rings. The summed E-state index contributed by atoms with van der Waals surface area (Å²) in [6, 6.07) is 6.86. The number of carboxylic acids is 1. The van der Waals surface area contributed by atoms with E-state index in [-0.39, 0.29) is 5.91 Å². The van der Waals surface area contributed by atoms with Crippen LogP contribution in [-0.4, -0.2) is 40.1 Å². The van der Waals surface area contributed by atoms with Crippen molar-refractivity contribution in [2.24, 2.45) is 0 Å². The Bertz CT molecular complexity index is 568. The Balaban J connectivity index is 2.19. The van der Waals surface area contributed by atoms with Crippen molar-refractivity contribution in [3.8, 4) is 5.75 Å². The number of hydrogen-bond acceptors (Lipinski definition) is 3. The molecule has 1 fully saturated rings. The molecule has 1 aliphatic heterocycles. The van der Waals surface area contributed by atoms with Gasteiger partial charge in [-0.3, -0.25) is 4.79 Å². The van der Waals surface area contributed by atoms with Crippen molar-refractivity contribution in [1.29, 1.82) is 0 Å². The lowest BCUT2D eigenvalue weighted by Gasteiger charge is -2.32. The number of para-hydroxylation sites is 1. The number of likely N-dealkylation sites (tertiary alicyclic amines) is 1. The third-order valence-electron chi connectivity index (χ3n) is 4.03. The zero-order valence-corrected chi connectivity index (χ0v) is 13.3. The van der Waals surface area contributed by atoms with Crippen LogP contribution in [0.15, 0.2) is 24.3 Å². The summed E-state index contributed by atoms with van der Waals surface area (Å²) in [5.74, 6) is -0.548. The third-order valence-corrected chi connectivity index (χ3v) is 4.03. The van der Waals surface area contributed by atoms with Crippen molar-refractivity contribution in [2.45, 2.75) is 51.7 Å². The smallest absolute Gasteiger partial charge is 0.326 e. The maximum absolute atomic E-state index is 12.7. The predicted octanol–water partition coefficient (Wildman–Crippen LogP) is 2.48. The normalized spacial score (nSPS) is 18.3. The van der Waals surface area contributed by atoms with Gasteiger partial charge in [0.15, 0.2) is 5.60 Å². The fourth-order valence-electron chi connectivity index (χ4n) is 2.83. The van der Waals surface area contributed by atoms with Gasteiger partial charge in [-0.05, 0) is 44.7 Å². The summed E-state index contributed by atoms with van der Waals surface area (Å²) in [5.41, 5.74) is -0.0665. The summed E-state index contributed by atoms with van der Waals surface area (Å²) in [4.78, 5) is 25.4. The average molecular weight is 305 g/mol. The molecule has 5 heteroatoms. The number of carboxylic acid groups (broad SMARTS) is 1. The Kier molecular flexibility index (Phi) is 4.74. The highest BCUT2D eigenvalue weighted by molar-refractivity contribution is 5.89. The molecule has 1 amide bonds. The van der Waals surface area contributed by atoms with Crippen molar-refractivity contribution < 1.29 is 19.4 Å². The first-order chi connectivity index (χ1) is 10.4. The second-order valence-electron chi connectivity index (χ2n) is 6.07. The Morgan fingerprint density at radius 3 is 2.68 bits per heavy atom. The van der Waals surface area contributed by atoms with Crippen LogP contribution in [0.2, 0.25) is 0 Å². The molecule has 1 N–H and O–H groups in total. The number of aliphatic carboxylic acids is 1. The number of ether oxygens (including phenoxy) is 1. The lowest BCUT2D eigenvalue weighted by atomic mass is 10.1. The van der Waals surface area contributed by atoms with Gasteiger partial charge < -0.3 is 14.7 Å². The summed E-state index contributed by atoms with van der Waals surface area (Å²) in [6.45, 7) is 5.88. The van der Waals surface area contributed by atoms with Gasteiger partial charge in [0.2, 0.25) is 0 Å². The molecule has 22 heavy (non-hydrogen) atoms. The second-order valence-corrected chi connectivity index (χ2v) is 6.07. The van der Waals surface area contributed by atoms with Gasteiger partial charge in [0.1, 0.15) is 11.8 Å². The van der Waals surface area contributed by atoms with Crippen molar-refractivity contribution in [1.82, 2.24) is 4.90 Å². The maximum atomic E-state index is 12.7. The first-order valence-electron chi connectivity index (χ1n) is 7.67. The first kappa shape index (κ1) is 16.3. The van der Waals surface area contributed by atoms with Crippen molar-refractivity contribution in [3.63, 3.8) is 0 Å². The van der Waals surface area contributed by atoms with E-state index in [0.717, 1.165) is 12.0 Å². The number of carbonyl (C=O) groups excluding carboxylic acids is 1. The minimum Gasteiger partial charge on any atom is -0.480 e. The highest BCUT2D eigenvalue weighted by Crippen LogP contribution is 2.27. The van der Waals surface area contributed by atoms with Crippen molar-refractivity contribution in [2.75, 3.05) is 6.54 Å². The summed E-state index contributed by atoms with van der Waals surface area (Å²) < 4.78 is 5.94. The summed E-state index contributed by atoms with van der Waals surface area (Å²) in [5, 5.41) is 9.24. The van der Waals surface area contributed by atoms with Crippen molar-refractivity contribution >= 4 is 11.9 Å².